The molecule has 2 aliphatic rings. The summed E-state index contributed by atoms with van der Waals surface area (Å²) in [7, 11) is 0. The van der Waals surface area contributed by atoms with Crippen molar-refractivity contribution in [3.8, 4) is 11.4 Å². The molecular weight excluding hydrogens is 435 g/mol. The van der Waals surface area contributed by atoms with Gasteiger partial charge in [-0.2, -0.15) is 4.98 Å². The molecule has 2 atom stereocenters. The Morgan fingerprint density at radius 2 is 2.03 bits per heavy atom. The van der Waals surface area contributed by atoms with Crippen LogP contribution in [0.4, 0.5) is 10.1 Å². The van der Waals surface area contributed by atoms with Crippen LogP contribution in [0.25, 0.3) is 11.4 Å². The molecule has 2 fully saturated rings. The molecule has 0 bridgehead atoms. The van der Waals surface area contributed by atoms with Gasteiger partial charge in [-0.05, 0) is 43.0 Å². The summed E-state index contributed by atoms with van der Waals surface area (Å²) in [5.74, 6) is -0.0191. The number of anilines is 1. The van der Waals surface area contributed by atoms with Gasteiger partial charge in [0.25, 0.3) is 0 Å². The second-order valence-electron chi connectivity index (χ2n) is 8.98. The van der Waals surface area contributed by atoms with E-state index in [4.69, 9.17) is 4.52 Å². The van der Waals surface area contributed by atoms with Gasteiger partial charge in [0.2, 0.25) is 23.5 Å². The van der Waals surface area contributed by atoms with Crippen molar-refractivity contribution in [2.45, 2.75) is 38.5 Å². The van der Waals surface area contributed by atoms with Gasteiger partial charge >= 0.3 is 0 Å². The number of halogens is 1. The number of aromatic nitrogens is 2. The molecule has 2 unspecified atom stereocenters. The molecular formula is C26H27FN4O3. The first kappa shape index (κ1) is 22.3. The number of benzene rings is 2. The van der Waals surface area contributed by atoms with E-state index in [2.05, 4.69) is 17.1 Å². The molecule has 1 aromatic heterocycles. The van der Waals surface area contributed by atoms with Gasteiger partial charge in [-0.1, -0.05) is 42.4 Å². The minimum Gasteiger partial charge on any atom is -0.342 e. The van der Waals surface area contributed by atoms with Crippen LogP contribution in [0.1, 0.15) is 43.6 Å². The van der Waals surface area contributed by atoms with Crippen molar-refractivity contribution >= 4 is 17.5 Å². The Bertz CT molecular complexity index is 1210. The second-order valence-corrected chi connectivity index (χ2v) is 8.98. The van der Waals surface area contributed by atoms with Crippen molar-refractivity contribution in [1.82, 2.24) is 15.0 Å². The number of carbonyl (C=O) groups excluding carboxylic acids is 2. The Morgan fingerprint density at radius 3 is 2.85 bits per heavy atom. The first-order valence-electron chi connectivity index (χ1n) is 11.8. The summed E-state index contributed by atoms with van der Waals surface area (Å²) < 4.78 is 19.0. The van der Waals surface area contributed by atoms with Gasteiger partial charge in [-0.15, -0.1) is 0 Å². The number of piperidine rings is 1. The first-order chi connectivity index (χ1) is 16.5. The molecule has 0 aliphatic carbocycles. The summed E-state index contributed by atoms with van der Waals surface area (Å²) in [6.45, 7) is 3.59. The topological polar surface area (TPSA) is 79.5 Å². The number of nitrogens with zero attached hydrogens (tertiary/aromatic N) is 4. The lowest BCUT2D eigenvalue weighted by Gasteiger charge is -2.32. The van der Waals surface area contributed by atoms with Gasteiger partial charge in [0.15, 0.2) is 0 Å². The molecule has 176 valence electrons. The van der Waals surface area contributed by atoms with Crippen molar-refractivity contribution in [3.63, 3.8) is 0 Å². The number of amides is 2. The summed E-state index contributed by atoms with van der Waals surface area (Å²) in [6.07, 6.45) is 2.70. The van der Waals surface area contributed by atoms with Crippen LogP contribution >= 0.6 is 0 Å². The molecule has 0 radical (unpaired) electrons. The number of carbonyl (C=O) groups is 2. The minimum absolute atomic E-state index is 0.000557. The van der Waals surface area contributed by atoms with Crippen LogP contribution in [0.2, 0.25) is 0 Å². The molecule has 8 heteroatoms. The van der Waals surface area contributed by atoms with Crippen molar-refractivity contribution in [1.29, 1.82) is 0 Å². The van der Waals surface area contributed by atoms with E-state index in [0.29, 0.717) is 36.9 Å². The van der Waals surface area contributed by atoms with Crippen LogP contribution in [-0.4, -0.2) is 46.5 Å². The quantitative estimate of drug-likeness (QED) is 0.568. The molecule has 0 saturated carbocycles. The highest BCUT2D eigenvalue weighted by Crippen LogP contribution is 2.32. The maximum absolute atomic E-state index is 13.6. The lowest BCUT2D eigenvalue weighted by atomic mass is 9.96. The normalized spacial score (nSPS) is 20.7. The number of rotatable bonds is 5. The zero-order chi connectivity index (χ0) is 23.7. The zero-order valence-electron chi connectivity index (χ0n) is 19.1. The van der Waals surface area contributed by atoms with Gasteiger partial charge in [0.1, 0.15) is 5.82 Å². The molecule has 2 amide bonds. The largest absolute Gasteiger partial charge is 0.342 e. The average Bonchev–Trinajstić information content (AvgIpc) is 3.51. The highest BCUT2D eigenvalue weighted by Gasteiger charge is 2.39. The Kier molecular flexibility index (Phi) is 6.13. The van der Waals surface area contributed by atoms with E-state index in [0.717, 1.165) is 30.5 Å². The van der Waals surface area contributed by atoms with E-state index in [-0.39, 0.29) is 35.9 Å². The van der Waals surface area contributed by atoms with E-state index >= 15 is 0 Å². The molecule has 3 heterocycles. The number of aryl methyl sites for hydroxylation is 1. The van der Waals surface area contributed by atoms with E-state index < -0.39 is 0 Å². The van der Waals surface area contributed by atoms with E-state index in [1.807, 2.05) is 29.2 Å². The van der Waals surface area contributed by atoms with Crippen LogP contribution < -0.4 is 4.90 Å². The summed E-state index contributed by atoms with van der Waals surface area (Å²) >= 11 is 0. The molecule has 2 saturated heterocycles. The van der Waals surface area contributed by atoms with Gasteiger partial charge in [-0.25, -0.2) is 4.39 Å². The predicted molar refractivity (Wildman–Crippen MR) is 125 cm³/mol. The van der Waals surface area contributed by atoms with Crippen LogP contribution in [0.3, 0.4) is 0 Å². The molecule has 2 aliphatic heterocycles. The van der Waals surface area contributed by atoms with Gasteiger partial charge in [0, 0.05) is 37.3 Å². The fourth-order valence-corrected chi connectivity index (χ4v) is 4.96. The smallest absolute Gasteiger partial charge is 0.231 e. The predicted octanol–water partition coefficient (Wildman–Crippen LogP) is 4.20. The van der Waals surface area contributed by atoms with Crippen molar-refractivity contribution in [3.05, 3.63) is 65.8 Å². The summed E-state index contributed by atoms with van der Waals surface area (Å²) in [6, 6.07) is 13.9. The monoisotopic (exact) mass is 462 g/mol. The lowest BCUT2D eigenvalue weighted by Crippen LogP contribution is -2.43. The molecule has 3 aromatic rings. The zero-order valence-corrected chi connectivity index (χ0v) is 19.1. The standard InChI is InChI=1S/C26H27FN4O3/c1-2-17-7-3-4-11-22(17)31-16-20(14-23(31)32)26(33)30-12-6-9-19(15-30)25-28-24(29-34-25)18-8-5-10-21(27)13-18/h3-5,7-8,10-11,13,19-20H,2,6,9,12,14-16H2,1H3. The highest BCUT2D eigenvalue weighted by molar-refractivity contribution is 6.00. The third-order valence-electron chi connectivity index (χ3n) is 6.74. The number of likely N-dealkylation sites (tertiary alicyclic amines) is 1. The molecule has 5 rings (SSSR count). The Balaban J connectivity index is 1.27. The highest BCUT2D eigenvalue weighted by atomic mass is 19.1. The maximum Gasteiger partial charge on any atom is 0.231 e. The molecule has 34 heavy (non-hydrogen) atoms. The number of para-hydroxylation sites is 1. The average molecular weight is 463 g/mol. The summed E-state index contributed by atoms with van der Waals surface area (Å²) in [5.41, 5.74) is 2.56. The third-order valence-corrected chi connectivity index (χ3v) is 6.74. The van der Waals surface area contributed by atoms with Crippen LogP contribution in [0.5, 0.6) is 0 Å². The number of hydrogen-bond acceptors (Lipinski definition) is 5. The van der Waals surface area contributed by atoms with Crippen molar-refractivity contribution in [2.24, 2.45) is 5.92 Å². The van der Waals surface area contributed by atoms with Crippen LogP contribution in [0, 0.1) is 11.7 Å². The molecule has 0 N–H and O–H groups in total. The fraction of sp³-hybridized carbons (Fsp3) is 0.385. The molecule has 7 nitrogen and oxygen atoms in total. The first-order valence-corrected chi connectivity index (χ1v) is 11.8. The lowest BCUT2D eigenvalue weighted by molar-refractivity contribution is -0.137. The molecule has 0 spiro atoms. The third kappa shape index (κ3) is 4.32. The van der Waals surface area contributed by atoms with E-state index in [9.17, 15) is 14.0 Å². The Labute approximate surface area is 197 Å². The van der Waals surface area contributed by atoms with Crippen LogP contribution in [0.15, 0.2) is 53.1 Å². The van der Waals surface area contributed by atoms with Crippen molar-refractivity contribution in [2.75, 3.05) is 24.5 Å². The summed E-state index contributed by atoms with van der Waals surface area (Å²) in [5, 5.41) is 4.01. The fourth-order valence-electron chi connectivity index (χ4n) is 4.96. The Hall–Kier alpha value is -3.55. The summed E-state index contributed by atoms with van der Waals surface area (Å²) in [4.78, 5) is 34.2. The van der Waals surface area contributed by atoms with Gasteiger partial charge in [0.05, 0.1) is 11.8 Å². The van der Waals surface area contributed by atoms with Gasteiger partial charge < -0.3 is 14.3 Å². The van der Waals surface area contributed by atoms with Crippen molar-refractivity contribution < 1.29 is 18.5 Å². The molecule has 2 aromatic carbocycles. The number of hydrogen-bond donors (Lipinski definition) is 0. The second kappa shape index (κ2) is 9.37. The van der Waals surface area contributed by atoms with E-state index in [1.54, 1.807) is 17.0 Å². The maximum atomic E-state index is 13.6. The Morgan fingerprint density at radius 1 is 1.18 bits per heavy atom. The van der Waals surface area contributed by atoms with Crippen LogP contribution in [-0.2, 0) is 16.0 Å². The minimum atomic E-state index is -0.361. The SMILES string of the molecule is CCc1ccccc1N1CC(C(=O)N2CCCC(c3nc(-c4cccc(F)c4)no3)C2)CC1=O. The van der Waals surface area contributed by atoms with E-state index in [1.165, 1.54) is 12.1 Å². The van der Waals surface area contributed by atoms with Gasteiger partial charge in [-0.3, -0.25) is 9.59 Å².